The van der Waals surface area contributed by atoms with E-state index in [2.05, 4.69) is 16.0 Å². The van der Waals surface area contributed by atoms with Gasteiger partial charge in [0.05, 0.1) is 7.11 Å². The number of nitrogens with zero attached hydrogens (tertiary/aromatic N) is 7. The number of likely N-dealkylation sites (tertiary alicyclic amines) is 1. The first-order valence-corrected chi connectivity index (χ1v) is 16.2. The molecule has 0 unspecified atom stereocenters. The minimum Gasteiger partial charge on any atom is -0.457 e. The molecule has 4 heterocycles. The van der Waals surface area contributed by atoms with E-state index < -0.39 is 11.4 Å². The Morgan fingerprint density at radius 1 is 1.06 bits per heavy atom. The molecule has 4 aromatic rings. The van der Waals surface area contributed by atoms with Gasteiger partial charge in [0.1, 0.15) is 51.8 Å². The number of fused-ring (bicyclic) bond motifs is 1. The summed E-state index contributed by atoms with van der Waals surface area (Å²) in [4.78, 5) is 40.4. The third kappa shape index (κ3) is 6.91. The zero-order chi connectivity index (χ0) is 34.7. The molecule has 2 aliphatic rings. The lowest BCUT2D eigenvalue weighted by molar-refractivity contribution is -0.128. The molecule has 49 heavy (non-hydrogen) atoms. The van der Waals surface area contributed by atoms with E-state index in [1.807, 2.05) is 36.4 Å². The quantitative estimate of drug-likeness (QED) is 0.207. The van der Waals surface area contributed by atoms with Crippen LogP contribution >= 0.6 is 0 Å². The number of anilines is 1. The standard InChI is InChI=1S/C36H39FN8O4/c1-36(2,44-18-16-42(17-19-44)35(47)48-3)21-25(22-38)34(46)43-14-7-8-24(23-43)33-41-30(31-32(39)40-13-15-45(31)33)28-12-11-27(20-29(28)37)49-26-9-5-4-6-10-26/h4-6,9-13,15,20-21,24H,7-8,14,16-19,23H2,1-3H3,(H2,39,40)/b25-21+/t24-/m1/s1. The first kappa shape index (κ1) is 33.4. The fraction of sp³-hybridized carbons (Fsp3) is 0.361. The highest BCUT2D eigenvalue weighted by atomic mass is 19.1. The van der Waals surface area contributed by atoms with Crippen LogP contribution in [0.1, 0.15) is 38.4 Å². The molecule has 0 bridgehead atoms. The molecule has 2 amide bonds. The number of piperidine rings is 1. The van der Waals surface area contributed by atoms with Gasteiger partial charge in [-0.25, -0.2) is 19.2 Å². The van der Waals surface area contributed by atoms with Crippen molar-refractivity contribution >= 4 is 23.3 Å². The molecule has 0 saturated carbocycles. The van der Waals surface area contributed by atoms with Gasteiger partial charge in [0.2, 0.25) is 0 Å². The van der Waals surface area contributed by atoms with Gasteiger partial charge in [0.25, 0.3) is 5.91 Å². The molecule has 2 aromatic heterocycles. The molecule has 1 atom stereocenters. The fourth-order valence-electron chi connectivity index (χ4n) is 6.66. The monoisotopic (exact) mass is 666 g/mol. The van der Waals surface area contributed by atoms with Gasteiger partial charge >= 0.3 is 6.09 Å². The molecule has 2 N–H and O–H groups in total. The van der Waals surface area contributed by atoms with Gasteiger partial charge in [0, 0.05) is 74.7 Å². The van der Waals surface area contributed by atoms with Crippen molar-refractivity contribution in [1.82, 2.24) is 29.1 Å². The number of amides is 2. The van der Waals surface area contributed by atoms with Crippen molar-refractivity contribution in [1.29, 1.82) is 5.26 Å². The topological polar surface area (TPSA) is 142 Å². The van der Waals surface area contributed by atoms with Gasteiger partial charge in [-0.2, -0.15) is 5.26 Å². The number of rotatable bonds is 7. The van der Waals surface area contributed by atoms with Crippen molar-refractivity contribution < 1.29 is 23.5 Å². The summed E-state index contributed by atoms with van der Waals surface area (Å²) < 4.78 is 28.2. The second kappa shape index (κ2) is 13.9. The van der Waals surface area contributed by atoms with Crippen molar-refractivity contribution in [2.45, 2.75) is 38.1 Å². The summed E-state index contributed by atoms with van der Waals surface area (Å²) in [6.07, 6.45) is 6.09. The first-order valence-electron chi connectivity index (χ1n) is 16.2. The number of ether oxygens (including phenoxy) is 2. The Balaban J connectivity index is 1.23. The second-order valence-corrected chi connectivity index (χ2v) is 12.8. The SMILES string of the molecule is COC(=O)N1CCN(C(C)(C)/C=C(\C#N)C(=O)N2CCC[C@@H](c3nc(-c4ccc(Oc5ccccc5)cc4F)c4c(N)nccn34)C2)CC1. The Morgan fingerprint density at radius 3 is 2.51 bits per heavy atom. The van der Waals surface area contributed by atoms with E-state index in [0.717, 1.165) is 6.42 Å². The van der Waals surface area contributed by atoms with E-state index in [9.17, 15) is 14.9 Å². The Hall–Kier alpha value is -5.48. The van der Waals surface area contributed by atoms with Crippen LogP contribution in [0.4, 0.5) is 15.0 Å². The van der Waals surface area contributed by atoms with Crippen LogP contribution < -0.4 is 10.5 Å². The average Bonchev–Trinajstić information content (AvgIpc) is 3.51. The number of benzene rings is 2. The van der Waals surface area contributed by atoms with E-state index in [1.165, 1.54) is 13.2 Å². The predicted octanol–water partition coefficient (Wildman–Crippen LogP) is 5.23. The third-order valence-corrected chi connectivity index (χ3v) is 9.23. The second-order valence-electron chi connectivity index (χ2n) is 12.8. The number of halogens is 1. The number of piperazine rings is 1. The van der Waals surface area contributed by atoms with Gasteiger partial charge in [0.15, 0.2) is 0 Å². The largest absolute Gasteiger partial charge is 0.457 e. The van der Waals surface area contributed by atoms with Crippen LogP contribution in [0.15, 0.2) is 72.6 Å². The number of aromatic nitrogens is 3. The zero-order valence-electron chi connectivity index (χ0n) is 27.8. The molecule has 254 valence electrons. The number of carbonyl (C=O) groups is 2. The van der Waals surface area contributed by atoms with Crippen molar-refractivity contribution in [2.24, 2.45) is 0 Å². The molecule has 12 nitrogen and oxygen atoms in total. The highest BCUT2D eigenvalue weighted by molar-refractivity contribution is 5.97. The number of carbonyl (C=O) groups excluding carboxylic acids is 2. The van der Waals surface area contributed by atoms with E-state index in [4.69, 9.17) is 20.2 Å². The Kier molecular flexibility index (Phi) is 9.51. The highest BCUT2D eigenvalue weighted by Gasteiger charge is 2.34. The molecular weight excluding hydrogens is 627 g/mol. The lowest BCUT2D eigenvalue weighted by Gasteiger charge is -2.42. The maximum Gasteiger partial charge on any atom is 0.409 e. The summed E-state index contributed by atoms with van der Waals surface area (Å²) in [5.41, 5.74) is 6.86. The van der Waals surface area contributed by atoms with E-state index in [0.29, 0.717) is 74.2 Å². The average molecular weight is 667 g/mol. The number of nitrogens with two attached hydrogens (primary N) is 1. The summed E-state index contributed by atoms with van der Waals surface area (Å²) in [5.74, 6) is 0.684. The number of para-hydroxylation sites is 1. The number of methoxy groups -OCH3 is 1. The van der Waals surface area contributed by atoms with Gasteiger partial charge in [-0.3, -0.25) is 14.1 Å². The van der Waals surface area contributed by atoms with Gasteiger partial charge in [-0.05, 0) is 57.0 Å². The van der Waals surface area contributed by atoms with Crippen LogP contribution in [0.25, 0.3) is 16.8 Å². The lowest BCUT2D eigenvalue weighted by Crippen LogP contribution is -2.55. The van der Waals surface area contributed by atoms with Crippen LogP contribution in [-0.2, 0) is 9.53 Å². The molecule has 2 aliphatic heterocycles. The van der Waals surface area contributed by atoms with Crippen molar-refractivity contribution in [3.8, 4) is 28.8 Å². The first-order chi connectivity index (χ1) is 23.6. The Bertz CT molecular complexity index is 1930. The van der Waals surface area contributed by atoms with Crippen molar-refractivity contribution in [3.63, 3.8) is 0 Å². The lowest BCUT2D eigenvalue weighted by atomic mass is 9.94. The van der Waals surface area contributed by atoms with Gasteiger partial charge in [-0.1, -0.05) is 18.2 Å². The van der Waals surface area contributed by atoms with Crippen LogP contribution in [0.5, 0.6) is 11.5 Å². The summed E-state index contributed by atoms with van der Waals surface area (Å²) in [5, 5.41) is 10.1. The van der Waals surface area contributed by atoms with E-state index in [1.54, 1.807) is 52.5 Å². The van der Waals surface area contributed by atoms with Crippen molar-refractivity contribution in [2.75, 3.05) is 52.1 Å². The molecular formula is C36H39FN8O4. The smallest absolute Gasteiger partial charge is 0.409 e. The van der Waals surface area contributed by atoms with Crippen LogP contribution in [-0.4, -0.2) is 93.0 Å². The maximum absolute atomic E-state index is 15.7. The molecule has 13 heteroatoms. The van der Waals surface area contributed by atoms with Gasteiger partial charge in [-0.15, -0.1) is 0 Å². The Labute approximate surface area is 284 Å². The predicted molar refractivity (Wildman–Crippen MR) is 181 cm³/mol. The van der Waals surface area contributed by atoms with Crippen LogP contribution in [0, 0.1) is 17.1 Å². The normalized spacial score (nSPS) is 17.5. The number of nitriles is 1. The zero-order valence-corrected chi connectivity index (χ0v) is 27.8. The summed E-state index contributed by atoms with van der Waals surface area (Å²) in [6.45, 7) is 6.86. The molecule has 2 saturated heterocycles. The number of hydrogen-bond donors (Lipinski definition) is 1. The molecule has 0 radical (unpaired) electrons. The highest BCUT2D eigenvalue weighted by Crippen LogP contribution is 2.36. The summed E-state index contributed by atoms with van der Waals surface area (Å²) >= 11 is 0. The van der Waals surface area contributed by atoms with E-state index >= 15 is 4.39 Å². The molecule has 2 aromatic carbocycles. The molecule has 0 aliphatic carbocycles. The minimum atomic E-state index is -0.609. The van der Waals surface area contributed by atoms with Crippen LogP contribution in [0.2, 0.25) is 0 Å². The third-order valence-electron chi connectivity index (χ3n) is 9.23. The summed E-state index contributed by atoms with van der Waals surface area (Å²) in [6, 6.07) is 15.9. The van der Waals surface area contributed by atoms with Crippen molar-refractivity contribution in [3.05, 3.63) is 84.2 Å². The van der Waals surface area contributed by atoms with Gasteiger partial charge < -0.3 is 25.0 Å². The minimum absolute atomic E-state index is 0.0584. The number of nitrogen functional groups attached to an aromatic ring is 1. The number of imidazole rings is 1. The maximum atomic E-state index is 15.7. The fourth-order valence-corrected chi connectivity index (χ4v) is 6.66. The molecule has 6 rings (SSSR count). The number of hydrogen-bond acceptors (Lipinski definition) is 9. The summed E-state index contributed by atoms with van der Waals surface area (Å²) in [7, 11) is 1.36. The molecule has 2 fully saturated rings. The van der Waals surface area contributed by atoms with E-state index in [-0.39, 0.29) is 34.9 Å². The molecule has 0 spiro atoms. The Morgan fingerprint density at radius 2 is 1.82 bits per heavy atom. The van der Waals surface area contributed by atoms with Crippen LogP contribution in [0.3, 0.4) is 0 Å².